The van der Waals surface area contributed by atoms with E-state index in [0.29, 0.717) is 11.4 Å². The molecule has 6 nitrogen and oxygen atoms in total. The summed E-state index contributed by atoms with van der Waals surface area (Å²) >= 11 is 0. The number of aryl methyl sites for hydroxylation is 1. The summed E-state index contributed by atoms with van der Waals surface area (Å²) in [6.45, 7) is 1.44. The van der Waals surface area contributed by atoms with E-state index in [-0.39, 0.29) is 6.04 Å². The van der Waals surface area contributed by atoms with Gasteiger partial charge in [0.2, 0.25) is 10.0 Å². The summed E-state index contributed by atoms with van der Waals surface area (Å²) in [5.74, 6) is 1.83. The first-order valence-electron chi connectivity index (χ1n) is 8.67. The lowest BCUT2D eigenvalue weighted by Gasteiger charge is -2.24. The molecule has 128 valence electrons. The average Bonchev–Trinajstić information content (AvgIpc) is 3.17. The topological polar surface area (TPSA) is 68.1 Å². The predicted molar refractivity (Wildman–Crippen MR) is 89.9 cm³/mol. The highest BCUT2D eigenvalue weighted by molar-refractivity contribution is 7.89. The van der Waals surface area contributed by atoms with Gasteiger partial charge in [0, 0.05) is 19.5 Å². The van der Waals surface area contributed by atoms with Gasteiger partial charge >= 0.3 is 0 Å². The minimum atomic E-state index is -3.50. The van der Waals surface area contributed by atoms with E-state index in [1.807, 2.05) is 6.07 Å². The van der Waals surface area contributed by atoms with E-state index >= 15 is 0 Å². The van der Waals surface area contributed by atoms with Crippen LogP contribution >= 0.6 is 0 Å². The molecule has 1 fully saturated rings. The molecule has 4 rings (SSSR count). The van der Waals surface area contributed by atoms with Crippen LogP contribution < -0.4 is 0 Å². The Morgan fingerprint density at radius 1 is 0.958 bits per heavy atom. The summed E-state index contributed by atoms with van der Waals surface area (Å²) < 4.78 is 29.9. The van der Waals surface area contributed by atoms with E-state index in [4.69, 9.17) is 0 Å². The van der Waals surface area contributed by atoms with Crippen LogP contribution in [-0.4, -0.2) is 34.0 Å². The Morgan fingerprint density at radius 2 is 1.79 bits per heavy atom. The molecule has 2 aliphatic rings. The van der Waals surface area contributed by atoms with Crippen molar-refractivity contribution in [1.29, 1.82) is 0 Å². The van der Waals surface area contributed by atoms with Crippen molar-refractivity contribution in [2.45, 2.75) is 56.0 Å². The van der Waals surface area contributed by atoms with Gasteiger partial charge in [0.15, 0.2) is 5.82 Å². The molecule has 2 aromatic rings. The van der Waals surface area contributed by atoms with Gasteiger partial charge in [-0.05, 0) is 37.8 Å². The Balaban J connectivity index is 1.70. The zero-order valence-corrected chi connectivity index (χ0v) is 14.5. The van der Waals surface area contributed by atoms with Gasteiger partial charge in [0.25, 0.3) is 0 Å². The fraction of sp³-hybridized carbons (Fsp3) is 0.529. The minimum Gasteiger partial charge on any atom is -0.314 e. The van der Waals surface area contributed by atoms with Crippen LogP contribution in [0.25, 0.3) is 0 Å². The molecule has 0 amide bonds. The van der Waals surface area contributed by atoms with Crippen LogP contribution in [0.1, 0.15) is 49.8 Å². The maximum absolute atomic E-state index is 13.0. The first-order valence-corrected chi connectivity index (χ1v) is 10.1. The van der Waals surface area contributed by atoms with Crippen molar-refractivity contribution < 1.29 is 8.42 Å². The molecule has 24 heavy (non-hydrogen) atoms. The molecule has 0 bridgehead atoms. The largest absolute Gasteiger partial charge is 0.314 e. The normalized spacial score (nSPS) is 22.2. The lowest BCUT2D eigenvalue weighted by atomic mass is 10.2. The van der Waals surface area contributed by atoms with Crippen LogP contribution in [0.5, 0.6) is 0 Å². The molecular formula is C17H22N4O2S. The van der Waals surface area contributed by atoms with Gasteiger partial charge in [-0.25, -0.2) is 8.42 Å². The van der Waals surface area contributed by atoms with Crippen molar-refractivity contribution in [3.05, 3.63) is 42.0 Å². The summed E-state index contributed by atoms with van der Waals surface area (Å²) in [6, 6.07) is 8.49. The van der Waals surface area contributed by atoms with Crippen molar-refractivity contribution in [2.75, 3.05) is 6.54 Å². The van der Waals surface area contributed by atoms with Crippen LogP contribution in [0.4, 0.5) is 0 Å². The van der Waals surface area contributed by atoms with Gasteiger partial charge < -0.3 is 4.57 Å². The molecule has 0 aliphatic carbocycles. The predicted octanol–water partition coefficient (Wildman–Crippen LogP) is 2.53. The number of fused-ring (bicyclic) bond motifs is 1. The number of sulfonamides is 1. The molecule has 3 heterocycles. The van der Waals surface area contributed by atoms with Crippen LogP contribution in [0.3, 0.4) is 0 Å². The quantitative estimate of drug-likeness (QED) is 0.856. The number of hydrogen-bond donors (Lipinski definition) is 0. The highest BCUT2D eigenvalue weighted by Gasteiger charge is 2.39. The Bertz CT molecular complexity index is 816. The van der Waals surface area contributed by atoms with Crippen molar-refractivity contribution in [1.82, 2.24) is 19.1 Å². The molecule has 1 unspecified atom stereocenters. The Morgan fingerprint density at radius 3 is 2.62 bits per heavy atom. The fourth-order valence-corrected chi connectivity index (χ4v) is 5.44. The summed E-state index contributed by atoms with van der Waals surface area (Å²) in [5.41, 5.74) is 0. The van der Waals surface area contributed by atoms with Crippen LogP contribution in [-0.2, 0) is 23.0 Å². The van der Waals surface area contributed by atoms with E-state index in [1.54, 1.807) is 28.6 Å². The Labute approximate surface area is 142 Å². The second kappa shape index (κ2) is 6.29. The summed E-state index contributed by atoms with van der Waals surface area (Å²) in [4.78, 5) is 0.354. The smallest absolute Gasteiger partial charge is 0.243 e. The lowest BCUT2D eigenvalue weighted by molar-refractivity contribution is 0.370. The van der Waals surface area contributed by atoms with Gasteiger partial charge in [-0.3, -0.25) is 0 Å². The van der Waals surface area contributed by atoms with Crippen molar-refractivity contribution in [3.63, 3.8) is 0 Å². The number of nitrogens with zero attached hydrogens (tertiary/aromatic N) is 4. The molecule has 1 atom stereocenters. The van der Waals surface area contributed by atoms with Crippen molar-refractivity contribution >= 4 is 10.0 Å². The second-order valence-corrected chi connectivity index (χ2v) is 8.41. The second-order valence-electron chi connectivity index (χ2n) is 6.52. The molecule has 0 N–H and O–H groups in total. The van der Waals surface area contributed by atoms with Crippen LogP contribution in [0, 0.1) is 0 Å². The maximum atomic E-state index is 13.0. The first kappa shape index (κ1) is 15.8. The summed E-state index contributed by atoms with van der Waals surface area (Å²) in [6.07, 6.45) is 6.04. The molecule has 0 spiro atoms. The zero-order valence-electron chi connectivity index (χ0n) is 13.6. The third-order valence-electron chi connectivity index (χ3n) is 4.99. The Hall–Kier alpha value is -1.73. The molecule has 1 aromatic heterocycles. The highest BCUT2D eigenvalue weighted by atomic mass is 32.2. The standard InChI is InChI=1S/C17H22N4O2S/c22-24(23,14-8-3-1-4-9-14)21-13-7-10-15(21)17-19-18-16-11-5-2-6-12-20(16)17/h1,3-4,8-9,15H,2,5-7,10-13H2. The highest BCUT2D eigenvalue weighted by Crippen LogP contribution is 2.36. The molecule has 1 aromatic carbocycles. The van der Waals surface area contributed by atoms with E-state index in [1.165, 1.54) is 6.42 Å². The molecule has 7 heteroatoms. The Kier molecular flexibility index (Phi) is 4.14. The third-order valence-corrected chi connectivity index (χ3v) is 6.91. The maximum Gasteiger partial charge on any atom is 0.243 e. The summed E-state index contributed by atoms with van der Waals surface area (Å²) in [7, 11) is -3.50. The van der Waals surface area contributed by atoms with Crippen molar-refractivity contribution in [2.24, 2.45) is 0 Å². The molecule has 1 saturated heterocycles. The fourth-order valence-electron chi connectivity index (χ4n) is 3.77. The lowest BCUT2D eigenvalue weighted by Crippen LogP contribution is -2.32. The van der Waals surface area contributed by atoms with Gasteiger partial charge in [0.05, 0.1) is 10.9 Å². The van der Waals surface area contributed by atoms with Gasteiger partial charge in [-0.15, -0.1) is 10.2 Å². The van der Waals surface area contributed by atoms with E-state index in [0.717, 1.165) is 50.3 Å². The zero-order chi connectivity index (χ0) is 16.6. The first-order chi connectivity index (χ1) is 11.7. The summed E-state index contributed by atoms with van der Waals surface area (Å²) in [5, 5.41) is 8.73. The molecule has 0 saturated carbocycles. The van der Waals surface area contributed by atoms with E-state index in [9.17, 15) is 8.42 Å². The van der Waals surface area contributed by atoms with E-state index in [2.05, 4.69) is 14.8 Å². The van der Waals surface area contributed by atoms with E-state index < -0.39 is 10.0 Å². The number of hydrogen-bond acceptors (Lipinski definition) is 4. The molecule has 2 aliphatic heterocycles. The number of aromatic nitrogens is 3. The SMILES string of the molecule is O=S(=O)(c1ccccc1)N1CCCC1c1nnc2n1CCCCC2. The van der Waals surface area contributed by atoms with Crippen molar-refractivity contribution in [3.8, 4) is 0 Å². The molecule has 0 radical (unpaired) electrons. The van der Waals surface area contributed by atoms with Crippen LogP contribution in [0.2, 0.25) is 0 Å². The molecular weight excluding hydrogens is 324 g/mol. The van der Waals surface area contributed by atoms with Gasteiger partial charge in [0.1, 0.15) is 5.82 Å². The third kappa shape index (κ3) is 2.65. The van der Waals surface area contributed by atoms with Gasteiger partial charge in [-0.1, -0.05) is 24.6 Å². The average molecular weight is 346 g/mol. The van der Waals surface area contributed by atoms with Crippen LogP contribution in [0.15, 0.2) is 35.2 Å². The number of rotatable bonds is 3. The van der Waals surface area contributed by atoms with Gasteiger partial charge in [-0.2, -0.15) is 4.31 Å². The number of benzene rings is 1. The minimum absolute atomic E-state index is 0.199. The monoisotopic (exact) mass is 346 g/mol.